The normalized spacial score (nSPS) is 19.1. The molecule has 1 aliphatic heterocycles. The topological polar surface area (TPSA) is 116 Å². The molecule has 2 aromatic carbocycles. The first kappa shape index (κ1) is 18.1. The van der Waals surface area contributed by atoms with Crippen molar-refractivity contribution in [2.24, 2.45) is 20.0 Å². The Morgan fingerprint density at radius 3 is 2.27 bits per heavy atom. The van der Waals surface area contributed by atoms with Gasteiger partial charge in [0.05, 0.1) is 13.0 Å². The molecule has 2 unspecified atom stereocenters. The van der Waals surface area contributed by atoms with Crippen LogP contribution in [0.5, 0.6) is 11.5 Å². The Labute approximate surface area is 170 Å². The minimum absolute atomic E-state index is 0.146. The summed E-state index contributed by atoms with van der Waals surface area (Å²) in [6, 6.07) is 11.4. The Morgan fingerprint density at radius 2 is 1.57 bits per heavy atom. The van der Waals surface area contributed by atoms with Gasteiger partial charge in [-0.3, -0.25) is 9.59 Å². The number of benzene rings is 2. The smallest absolute Gasteiger partial charge is 0.417 e. The highest BCUT2D eigenvalue weighted by Crippen LogP contribution is 2.43. The van der Waals surface area contributed by atoms with E-state index in [2.05, 4.69) is 4.99 Å². The average Bonchev–Trinajstić information content (AvgIpc) is 3.03. The van der Waals surface area contributed by atoms with Crippen LogP contribution >= 0.6 is 0 Å². The number of nitrogens with one attached hydrogen (secondary N) is 1. The van der Waals surface area contributed by atoms with Gasteiger partial charge in [-0.2, -0.15) is 4.57 Å². The first-order valence-corrected chi connectivity index (χ1v) is 9.40. The van der Waals surface area contributed by atoms with Crippen LogP contribution in [0.2, 0.25) is 0 Å². The van der Waals surface area contributed by atoms with Crippen LogP contribution in [0.1, 0.15) is 33.0 Å². The maximum absolute atomic E-state index is 13.4. The molecule has 30 heavy (non-hydrogen) atoms. The first-order chi connectivity index (χ1) is 14.3. The third kappa shape index (κ3) is 2.21. The van der Waals surface area contributed by atoms with Gasteiger partial charge in [0, 0.05) is 24.1 Å². The molecule has 2 aliphatic rings. The summed E-state index contributed by atoms with van der Waals surface area (Å²) in [5.74, 6) is -1.94. The molecule has 5 rings (SSSR count). The van der Waals surface area contributed by atoms with Crippen LogP contribution in [0.25, 0.3) is 0 Å². The van der Waals surface area contributed by atoms with E-state index < -0.39 is 23.1 Å². The van der Waals surface area contributed by atoms with Crippen molar-refractivity contribution in [3.05, 3.63) is 85.6 Å². The van der Waals surface area contributed by atoms with Crippen molar-refractivity contribution in [1.82, 2.24) is 9.13 Å². The molecule has 0 saturated carbocycles. The van der Waals surface area contributed by atoms with E-state index in [0.29, 0.717) is 22.7 Å². The number of nitrogens with zero attached hydrogens (tertiary/aromatic N) is 2. The molecular weight excluding hydrogens is 386 g/mol. The van der Waals surface area contributed by atoms with Gasteiger partial charge < -0.3 is 10.2 Å². The summed E-state index contributed by atoms with van der Waals surface area (Å²) in [6.45, 7) is 0. The number of ketones is 1. The molecule has 3 N–H and O–H groups in total. The summed E-state index contributed by atoms with van der Waals surface area (Å²) in [5.41, 5.74) is 1.62. The zero-order valence-corrected chi connectivity index (χ0v) is 16.2. The van der Waals surface area contributed by atoms with Crippen molar-refractivity contribution in [2.75, 3.05) is 0 Å². The number of aromatic hydroxyl groups is 2. The number of Topliss-reactive ketones (excluding diaryl/α,β-unsaturated/α-hetero) is 1. The second-order valence-electron chi connectivity index (χ2n) is 7.62. The van der Waals surface area contributed by atoms with Crippen molar-refractivity contribution in [3.63, 3.8) is 0 Å². The quantitative estimate of drug-likeness (QED) is 0.480. The van der Waals surface area contributed by atoms with Crippen molar-refractivity contribution >= 4 is 17.3 Å². The van der Waals surface area contributed by atoms with Gasteiger partial charge in [-0.1, -0.05) is 30.3 Å². The summed E-state index contributed by atoms with van der Waals surface area (Å²) < 4.78 is 2.35. The number of carbonyl (C=O) groups excluding carboxylic acids is 1. The zero-order chi connectivity index (χ0) is 21.3. The monoisotopic (exact) mass is 404 g/mol. The van der Waals surface area contributed by atoms with E-state index in [-0.39, 0.29) is 22.8 Å². The fourth-order valence-electron chi connectivity index (χ4n) is 4.55. The Morgan fingerprint density at radius 1 is 0.867 bits per heavy atom. The molecule has 0 radical (unpaired) electrons. The van der Waals surface area contributed by atoms with Crippen molar-refractivity contribution in [3.8, 4) is 11.5 Å². The fourth-order valence-corrected chi connectivity index (χ4v) is 4.55. The van der Waals surface area contributed by atoms with E-state index in [1.54, 1.807) is 25.2 Å². The summed E-state index contributed by atoms with van der Waals surface area (Å²) in [4.78, 5) is 42.3. The third-order valence-electron chi connectivity index (χ3n) is 6.03. The SMILES string of the molecule is Cn1c2c(c(=O)n(C)c1=O)C(c1ccc(O)c(O)c1)C1C(=O)c3ccccc3C1=[NH+]2. The lowest BCUT2D eigenvalue weighted by Gasteiger charge is -2.27. The molecule has 0 amide bonds. The maximum Gasteiger partial charge on any atom is 0.417 e. The van der Waals surface area contributed by atoms with E-state index in [1.807, 2.05) is 12.1 Å². The third-order valence-corrected chi connectivity index (χ3v) is 6.03. The number of fused-ring (bicyclic) bond motifs is 4. The number of hydrogen-bond donors (Lipinski definition) is 3. The molecule has 0 saturated heterocycles. The Bertz CT molecular complexity index is 1410. The van der Waals surface area contributed by atoms with Gasteiger partial charge in [-0.25, -0.2) is 14.4 Å². The Hall–Kier alpha value is -3.94. The van der Waals surface area contributed by atoms with Gasteiger partial charge in [0.25, 0.3) is 11.4 Å². The van der Waals surface area contributed by atoms with Crippen molar-refractivity contribution in [1.29, 1.82) is 0 Å². The predicted molar refractivity (Wildman–Crippen MR) is 108 cm³/mol. The van der Waals surface area contributed by atoms with Crippen molar-refractivity contribution < 1.29 is 20.0 Å². The molecule has 0 fully saturated rings. The van der Waals surface area contributed by atoms with Crippen LogP contribution < -0.4 is 16.2 Å². The lowest BCUT2D eigenvalue weighted by Crippen LogP contribution is -2.74. The lowest BCUT2D eigenvalue weighted by molar-refractivity contribution is -0.368. The standard InChI is InChI=1S/C22H17N3O5/c1-24-20-17(21(29)25(2)22(24)30)15(10-7-8-13(26)14(27)9-10)16-18(23-20)11-5-3-4-6-12(11)19(16)28/h3-9,15-16,26-27H,1-2H3/p+1. The molecule has 1 aromatic heterocycles. The number of hydrogen-bond acceptors (Lipinski definition) is 5. The molecule has 2 atom stereocenters. The van der Waals surface area contributed by atoms with Gasteiger partial charge in [0.2, 0.25) is 0 Å². The van der Waals surface area contributed by atoms with Crippen LogP contribution in [0.15, 0.2) is 52.1 Å². The van der Waals surface area contributed by atoms with E-state index >= 15 is 0 Å². The van der Waals surface area contributed by atoms with Gasteiger partial charge in [0.1, 0.15) is 11.3 Å². The molecular formula is C22H18N3O5+. The van der Waals surface area contributed by atoms with Crippen LogP contribution in [-0.2, 0) is 14.1 Å². The molecule has 0 spiro atoms. The fraction of sp³-hybridized carbons (Fsp3) is 0.182. The maximum atomic E-state index is 13.4. The number of phenols is 2. The molecule has 150 valence electrons. The Kier molecular flexibility index (Phi) is 3.64. The van der Waals surface area contributed by atoms with E-state index in [9.17, 15) is 24.6 Å². The predicted octanol–water partition coefficient (Wildman–Crippen LogP) is -0.345. The number of rotatable bonds is 1. The van der Waals surface area contributed by atoms with Crippen LogP contribution in [0, 0.1) is 5.92 Å². The first-order valence-electron chi connectivity index (χ1n) is 9.40. The summed E-state index contributed by atoms with van der Waals surface area (Å²) in [6.07, 6.45) is 0. The molecule has 3 aromatic rings. The summed E-state index contributed by atoms with van der Waals surface area (Å²) in [5, 5.41) is 19.8. The van der Waals surface area contributed by atoms with E-state index in [0.717, 1.165) is 10.1 Å². The summed E-state index contributed by atoms with van der Waals surface area (Å²) >= 11 is 0. The highest BCUT2D eigenvalue weighted by atomic mass is 16.3. The minimum Gasteiger partial charge on any atom is -0.504 e. The lowest BCUT2D eigenvalue weighted by atomic mass is 9.76. The Balaban J connectivity index is 1.91. The second kappa shape index (κ2) is 6.03. The highest BCUT2D eigenvalue weighted by molar-refractivity contribution is 6.27. The van der Waals surface area contributed by atoms with Gasteiger partial charge in [-0.05, 0) is 17.7 Å². The summed E-state index contributed by atoms with van der Waals surface area (Å²) in [7, 11) is 2.95. The largest absolute Gasteiger partial charge is 0.504 e. The molecule has 8 nitrogen and oxygen atoms in total. The van der Waals surface area contributed by atoms with Crippen molar-refractivity contribution in [2.45, 2.75) is 5.92 Å². The average molecular weight is 404 g/mol. The molecule has 1 aliphatic carbocycles. The molecule has 2 heterocycles. The van der Waals surface area contributed by atoms with Crippen LogP contribution in [-0.4, -0.2) is 30.8 Å². The number of phenolic OH excluding ortho intramolecular Hbond substituents is 2. The van der Waals surface area contributed by atoms with Crippen LogP contribution in [0.4, 0.5) is 5.82 Å². The molecule has 0 bridgehead atoms. The second-order valence-corrected chi connectivity index (χ2v) is 7.62. The van der Waals surface area contributed by atoms with Gasteiger partial charge in [0.15, 0.2) is 17.3 Å². The zero-order valence-electron chi connectivity index (χ0n) is 16.2. The number of aromatic nitrogens is 2. The van der Waals surface area contributed by atoms with Crippen LogP contribution in [0.3, 0.4) is 0 Å². The van der Waals surface area contributed by atoms with E-state index in [4.69, 9.17) is 0 Å². The number of carbonyl (C=O) groups is 1. The minimum atomic E-state index is -0.742. The van der Waals surface area contributed by atoms with Gasteiger partial charge >= 0.3 is 5.69 Å². The highest BCUT2D eigenvalue weighted by Gasteiger charge is 2.50. The van der Waals surface area contributed by atoms with Gasteiger partial charge in [-0.15, -0.1) is 0 Å². The molecule has 8 heteroatoms. The van der Waals surface area contributed by atoms with E-state index in [1.165, 1.54) is 23.7 Å².